The Morgan fingerprint density at radius 1 is 1.44 bits per heavy atom. The van der Waals surface area contributed by atoms with Crippen molar-refractivity contribution in [1.29, 1.82) is 0 Å². The molecule has 2 unspecified atom stereocenters. The highest BCUT2D eigenvalue weighted by Crippen LogP contribution is 2.27. The van der Waals surface area contributed by atoms with Crippen molar-refractivity contribution in [3.05, 3.63) is 23.7 Å². The van der Waals surface area contributed by atoms with Crippen LogP contribution in [-0.2, 0) is 17.9 Å². The van der Waals surface area contributed by atoms with Crippen LogP contribution in [0.15, 0.2) is 16.7 Å². The fourth-order valence-corrected chi connectivity index (χ4v) is 2.39. The van der Waals surface area contributed by atoms with Gasteiger partial charge in [-0.05, 0) is 24.8 Å². The Kier molecular flexibility index (Phi) is 4.02. The van der Waals surface area contributed by atoms with E-state index in [1.807, 2.05) is 6.07 Å². The van der Waals surface area contributed by atoms with Gasteiger partial charge in [0.05, 0.1) is 12.4 Å². The van der Waals surface area contributed by atoms with Crippen molar-refractivity contribution >= 4 is 0 Å². The zero-order chi connectivity index (χ0) is 11.4. The van der Waals surface area contributed by atoms with Crippen LogP contribution in [0, 0.1) is 5.92 Å². The van der Waals surface area contributed by atoms with Crippen LogP contribution in [0.5, 0.6) is 0 Å². The lowest BCUT2D eigenvalue weighted by atomic mass is 9.88. The molecular formula is C13H21NO2. The molecule has 0 bridgehead atoms. The fourth-order valence-electron chi connectivity index (χ4n) is 2.39. The SMILES string of the molecule is CC1CCCCC1OCc1occc1CN. The first-order valence-electron chi connectivity index (χ1n) is 6.18. The third-order valence-electron chi connectivity index (χ3n) is 3.52. The van der Waals surface area contributed by atoms with E-state index in [-0.39, 0.29) is 0 Å². The Morgan fingerprint density at radius 2 is 2.25 bits per heavy atom. The summed E-state index contributed by atoms with van der Waals surface area (Å²) in [5, 5.41) is 0. The van der Waals surface area contributed by atoms with E-state index < -0.39 is 0 Å². The maximum Gasteiger partial charge on any atom is 0.133 e. The molecule has 0 spiro atoms. The summed E-state index contributed by atoms with van der Waals surface area (Å²) < 4.78 is 11.3. The molecule has 0 radical (unpaired) electrons. The first kappa shape index (κ1) is 11.7. The standard InChI is InChI=1S/C13H21NO2/c1-10-4-2-3-5-12(10)16-9-13-11(8-14)6-7-15-13/h6-7,10,12H,2-5,8-9,14H2,1H3. The Hall–Kier alpha value is -0.800. The molecule has 0 aliphatic heterocycles. The molecule has 1 aliphatic carbocycles. The lowest BCUT2D eigenvalue weighted by molar-refractivity contribution is -0.0222. The second kappa shape index (κ2) is 5.51. The zero-order valence-corrected chi connectivity index (χ0v) is 9.95. The van der Waals surface area contributed by atoms with Gasteiger partial charge in [-0.25, -0.2) is 0 Å². The minimum absolute atomic E-state index is 0.393. The van der Waals surface area contributed by atoms with E-state index in [9.17, 15) is 0 Å². The van der Waals surface area contributed by atoms with Crippen molar-refractivity contribution in [1.82, 2.24) is 0 Å². The monoisotopic (exact) mass is 223 g/mol. The molecule has 1 aliphatic rings. The number of hydrogen-bond donors (Lipinski definition) is 1. The van der Waals surface area contributed by atoms with Crippen LogP contribution in [0.3, 0.4) is 0 Å². The molecule has 0 amide bonds. The molecule has 3 heteroatoms. The molecule has 2 atom stereocenters. The predicted octanol–water partition coefficient (Wildman–Crippen LogP) is 2.83. The molecule has 3 nitrogen and oxygen atoms in total. The van der Waals surface area contributed by atoms with Gasteiger partial charge in [-0.15, -0.1) is 0 Å². The van der Waals surface area contributed by atoms with Crippen molar-refractivity contribution < 1.29 is 9.15 Å². The van der Waals surface area contributed by atoms with Gasteiger partial charge in [-0.2, -0.15) is 0 Å². The van der Waals surface area contributed by atoms with E-state index in [1.165, 1.54) is 25.7 Å². The van der Waals surface area contributed by atoms with Gasteiger partial charge in [0.15, 0.2) is 0 Å². The molecule has 1 aromatic heterocycles. The third kappa shape index (κ3) is 2.66. The summed E-state index contributed by atoms with van der Waals surface area (Å²) in [7, 11) is 0. The molecule has 1 heterocycles. The van der Waals surface area contributed by atoms with Crippen LogP contribution < -0.4 is 5.73 Å². The maximum atomic E-state index is 5.93. The number of hydrogen-bond acceptors (Lipinski definition) is 3. The zero-order valence-electron chi connectivity index (χ0n) is 9.95. The van der Waals surface area contributed by atoms with Gasteiger partial charge in [0, 0.05) is 12.1 Å². The number of rotatable bonds is 4. The summed E-state index contributed by atoms with van der Waals surface area (Å²) in [6, 6.07) is 1.92. The van der Waals surface area contributed by atoms with Crippen LogP contribution in [-0.4, -0.2) is 6.10 Å². The normalized spacial score (nSPS) is 25.9. The average molecular weight is 223 g/mol. The molecule has 1 saturated carbocycles. The summed E-state index contributed by atoms with van der Waals surface area (Å²) in [4.78, 5) is 0. The minimum Gasteiger partial charge on any atom is -0.467 e. The summed E-state index contributed by atoms with van der Waals surface area (Å²) in [6.45, 7) is 3.36. The van der Waals surface area contributed by atoms with Crippen molar-refractivity contribution in [3.63, 3.8) is 0 Å². The number of ether oxygens (including phenoxy) is 1. The molecule has 0 aromatic carbocycles. The van der Waals surface area contributed by atoms with Crippen LogP contribution in [0.4, 0.5) is 0 Å². The quantitative estimate of drug-likeness (QED) is 0.853. The third-order valence-corrected chi connectivity index (χ3v) is 3.52. The second-order valence-electron chi connectivity index (χ2n) is 4.68. The minimum atomic E-state index is 0.393. The molecule has 1 fully saturated rings. The summed E-state index contributed by atoms with van der Waals surface area (Å²) >= 11 is 0. The second-order valence-corrected chi connectivity index (χ2v) is 4.68. The Labute approximate surface area is 97.0 Å². The highest BCUT2D eigenvalue weighted by molar-refractivity contribution is 5.15. The smallest absolute Gasteiger partial charge is 0.133 e. The topological polar surface area (TPSA) is 48.4 Å². The van der Waals surface area contributed by atoms with Crippen LogP contribution in [0.1, 0.15) is 43.9 Å². The Balaban J connectivity index is 1.86. The average Bonchev–Trinajstić information content (AvgIpc) is 2.75. The Bertz CT molecular complexity index is 321. The first-order valence-corrected chi connectivity index (χ1v) is 6.18. The maximum absolute atomic E-state index is 5.93. The van der Waals surface area contributed by atoms with Gasteiger partial charge < -0.3 is 14.9 Å². The molecule has 1 aromatic rings. The van der Waals surface area contributed by atoms with E-state index >= 15 is 0 Å². The molecule has 2 N–H and O–H groups in total. The highest BCUT2D eigenvalue weighted by Gasteiger charge is 2.22. The van der Waals surface area contributed by atoms with Crippen LogP contribution in [0.25, 0.3) is 0 Å². The van der Waals surface area contributed by atoms with Gasteiger partial charge in [-0.3, -0.25) is 0 Å². The van der Waals surface area contributed by atoms with E-state index in [0.717, 1.165) is 11.3 Å². The summed E-state index contributed by atoms with van der Waals surface area (Å²) in [5.74, 6) is 1.56. The van der Waals surface area contributed by atoms with Crippen molar-refractivity contribution in [2.24, 2.45) is 11.7 Å². The molecule has 2 rings (SSSR count). The summed E-state index contributed by atoms with van der Waals surface area (Å²) in [6.07, 6.45) is 7.18. The molecular weight excluding hydrogens is 202 g/mol. The lowest BCUT2D eigenvalue weighted by Crippen LogP contribution is -2.25. The van der Waals surface area contributed by atoms with Crippen LogP contribution in [0.2, 0.25) is 0 Å². The van der Waals surface area contributed by atoms with Crippen LogP contribution >= 0.6 is 0 Å². The van der Waals surface area contributed by atoms with E-state index in [1.54, 1.807) is 6.26 Å². The van der Waals surface area contributed by atoms with E-state index in [0.29, 0.717) is 25.2 Å². The number of nitrogens with two attached hydrogens (primary N) is 1. The van der Waals surface area contributed by atoms with Gasteiger partial charge >= 0.3 is 0 Å². The largest absolute Gasteiger partial charge is 0.467 e. The molecule has 0 saturated heterocycles. The van der Waals surface area contributed by atoms with Gasteiger partial charge in [0.25, 0.3) is 0 Å². The van der Waals surface area contributed by atoms with Gasteiger partial charge in [0.2, 0.25) is 0 Å². The first-order chi connectivity index (χ1) is 7.81. The van der Waals surface area contributed by atoms with E-state index in [2.05, 4.69) is 6.92 Å². The predicted molar refractivity (Wildman–Crippen MR) is 62.8 cm³/mol. The lowest BCUT2D eigenvalue weighted by Gasteiger charge is -2.28. The number of furan rings is 1. The highest BCUT2D eigenvalue weighted by atomic mass is 16.5. The Morgan fingerprint density at radius 3 is 3.00 bits per heavy atom. The van der Waals surface area contributed by atoms with Crippen molar-refractivity contribution in [3.8, 4) is 0 Å². The van der Waals surface area contributed by atoms with Crippen molar-refractivity contribution in [2.45, 2.75) is 51.9 Å². The molecule has 16 heavy (non-hydrogen) atoms. The van der Waals surface area contributed by atoms with Crippen molar-refractivity contribution in [2.75, 3.05) is 0 Å². The van der Waals surface area contributed by atoms with Gasteiger partial charge in [0.1, 0.15) is 12.4 Å². The summed E-state index contributed by atoms with van der Waals surface area (Å²) in [5.41, 5.74) is 6.67. The van der Waals surface area contributed by atoms with E-state index in [4.69, 9.17) is 14.9 Å². The fraction of sp³-hybridized carbons (Fsp3) is 0.692. The van der Waals surface area contributed by atoms with Gasteiger partial charge in [-0.1, -0.05) is 19.8 Å². The molecule has 90 valence electrons.